The predicted octanol–water partition coefficient (Wildman–Crippen LogP) is 3.41. The fraction of sp³-hybridized carbons (Fsp3) is 0.571. The van der Waals surface area contributed by atoms with Crippen molar-refractivity contribution in [3.05, 3.63) is 34.9 Å². The Kier molecular flexibility index (Phi) is 4.83. The number of likely N-dealkylation sites (N-methyl/N-ethyl adjacent to an activating group) is 1. The molecule has 1 rings (SSSR count). The molecular weight excluding hydrogens is 182 g/mol. The summed E-state index contributed by atoms with van der Waals surface area (Å²) in [6.45, 7) is 7.79. The van der Waals surface area contributed by atoms with E-state index in [1.807, 2.05) is 7.05 Å². The molecule has 1 aromatic rings. The van der Waals surface area contributed by atoms with Crippen LogP contribution in [-0.4, -0.2) is 13.6 Å². The third kappa shape index (κ3) is 3.07. The van der Waals surface area contributed by atoms with Gasteiger partial charge in [-0.1, -0.05) is 31.5 Å². The van der Waals surface area contributed by atoms with Crippen LogP contribution in [0.3, 0.4) is 0 Å². The zero-order chi connectivity index (χ0) is 11.3. The minimum Gasteiger partial charge on any atom is -0.319 e. The van der Waals surface area contributed by atoms with E-state index in [1.165, 1.54) is 24.0 Å². The second kappa shape index (κ2) is 5.92. The van der Waals surface area contributed by atoms with Gasteiger partial charge < -0.3 is 5.32 Å². The Hall–Kier alpha value is -0.820. The van der Waals surface area contributed by atoms with Crippen LogP contribution in [-0.2, 0) is 0 Å². The molecule has 1 nitrogen and oxygen atoms in total. The van der Waals surface area contributed by atoms with Gasteiger partial charge >= 0.3 is 0 Å². The van der Waals surface area contributed by atoms with Crippen molar-refractivity contribution < 1.29 is 0 Å². The van der Waals surface area contributed by atoms with Gasteiger partial charge in [-0.05, 0) is 49.9 Å². The van der Waals surface area contributed by atoms with Crippen molar-refractivity contribution >= 4 is 0 Å². The Bertz CT molecular complexity index is 278. The molecule has 0 aliphatic heterocycles. The summed E-state index contributed by atoms with van der Waals surface area (Å²) in [5.41, 5.74) is 4.42. The summed E-state index contributed by atoms with van der Waals surface area (Å²) >= 11 is 0. The quantitative estimate of drug-likeness (QED) is 0.777. The summed E-state index contributed by atoms with van der Waals surface area (Å²) in [7, 11) is 2.04. The van der Waals surface area contributed by atoms with Crippen LogP contribution in [0.1, 0.15) is 42.4 Å². The van der Waals surface area contributed by atoms with Gasteiger partial charge in [0, 0.05) is 6.54 Å². The molecule has 0 aromatic heterocycles. The summed E-state index contributed by atoms with van der Waals surface area (Å²) in [6.07, 6.45) is 2.52. The highest BCUT2D eigenvalue weighted by Crippen LogP contribution is 2.26. The van der Waals surface area contributed by atoms with Crippen molar-refractivity contribution in [3.63, 3.8) is 0 Å². The number of benzene rings is 1. The number of hydrogen-bond donors (Lipinski definition) is 1. The smallest absolute Gasteiger partial charge is 0.00173 e. The topological polar surface area (TPSA) is 12.0 Å². The first-order valence-electron chi connectivity index (χ1n) is 5.91. The van der Waals surface area contributed by atoms with Crippen LogP contribution in [0.2, 0.25) is 0 Å². The highest BCUT2D eigenvalue weighted by molar-refractivity contribution is 5.36. The predicted molar refractivity (Wildman–Crippen MR) is 67.5 cm³/mol. The first kappa shape index (κ1) is 12.3. The Balaban J connectivity index is 2.98. The summed E-state index contributed by atoms with van der Waals surface area (Å²) in [5.74, 6) is 0.668. The van der Waals surface area contributed by atoms with Gasteiger partial charge in [0.25, 0.3) is 0 Å². The van der Waals surface area contributed by atoms with E-state index in [0.717, 1.165) is 6.54 Å². The fourth-order valence-electron chi connectivity index (χ4n) is 2.41. The Morgan fingerprint density at radius 2 is 1.80 bits per heavy atom. The van der Waals surface area contributed by atoms with Crippen LogP contribution < -0.4 is 5.32 Å². The van der Waals surface area contributed by atoms with Gasteiger partial charge in [-0.25, -0.2) is 0 Å². The third-order valence-corrected chi connectivity index (χ3v) is 3.04. The van der Waals surface area contributed by atoms with Crippen LogP contribution >= 0.6 is 0 Å². The molecular formula is C14H23N. The minimum absolute atomic E-state index is 0.668. The maximum Gasteiger partial charge on any atom is 0.00173 e. The lowest BCUT2D eigenvalue weighted by atomic mass is 9.88. The maximum absolute atomic E-state index is 3.31. The van der Waals surface area contributed by atoms with Crippen LogP contribution in [0.4, 0.5) is 0 Å². The molecule has 0 aliphatic rings. The normalized spacial score (nSPS) is 12.8. The van der Waals surface area contributed by atoms with Crippen LogP contribution in [0.5, 0.6) is 0 Å². The van der Waals surface area contributed by atoms with Crippen LogP contribution in [0.25, 0.3) is 0 Å². The van der Waals surface area contributed by atoms with Crippen LogP contribution in [0.15, 0.2) is 18.2 Å². The minimum atomic E-state index is 0.668. The Morgan fingerprint density at radius 1 is 1.20 bits per heavy atom. The number of hydrogen-bond acceptors (Lipinski definition) is 1. The average Bonchev–Trinajstić information content (AvgIpc) is 2.18. The molecule has 0 heterocycles. The molecule has 1 N–H and O–H groups in total. The molecule has 0 fully saturated rings. The van der Waals surface area contributed by atoms with E-state index in [-0.39, 0.29) is 0 Å². The second-order valence-electron chi connectivity index (χ2n) is 4.35. The van der Waals surface area contributed by atoms with Crippen molar-refractivity contribution in [1.82, 2.24) is 5.32 Å². The molecule has 15 heavy (non-hydrogen) atoms. The zero-order valence-electron chi connectivity index (χ0n) is 10.4. The summed E-state index contributed by atoms with van der Waals surface area (Å²) in [6, 6.07) is 6.60. The average molecular weight is 205 g/mol. The van der Waals surface area contributed by atoms with E-state index in [9.17, 15) is 0 Å². The first-order valence-corrected chi connectivity index (χ1v) is 5.91. The molecule has 1 aromatic carbocycles. The van der Waals surface area contributed by atoms with Gasteiger partial charge in [-0.15, -0.1) is 0 Å². The van der Waals surface area contributed by atoms with Gasteiger partial charge in [0.1, 0.15) is 0 Å². The molecule has 0 saturated heterocycles. The van der Waals surface area contributed by atoms with E-state index < -0.39 is 0 Å². The monoisotopic (exact) mass is 205 g/mol. The third-order valence-electron chi connectivity index (χ3n) is 3.04. The van der Waals surface area contributed by atoms with Crippen molar-refractivity contribution in [2.45, 2.75) is 39.5 Å². The fourth-order valence-corrected chi connectivity index (χ4v) is 2.41. The van der Waals surface area contributed by atoms with Gasteiger partial charge in [0.15, 0.2) is 0 Å². The van der Waals surface area contributed by atoms with Gasteiger partial charge in [0.05, 0.1) is 0 Å². The molecule has 0 aliphatic carbocycles. The summed E-state index contributed by atoms with van der Waals surface area (Å²) in [4.78, 5) is 0. The zero-order valence-corrected chi connectivity index (χ0v) is 10.4. The largest absolute Gasteiger partial charge is 0.319 e. The molecule has 0 spiro atoms. The van der Waals surface area contributed by atoms with E-state index >= 15 is 0 Å². The molecule has 0 bridgehead atoms. The lowest BCUT2D eigenvalue weighted by molar-refractivity contribution is 0.571. The Labute approximate surface area is 93.9 Å². The van der Waals surface area contributed by atoms with Crippen LogP contribution in [0, 0.1) is 13.8 Å². The van der Waals surface area contributed by atoms with E-state index in [4.69, 9.17) is 0 Å². The molecule has 1 unspecified atom stereocenters. The number of nitrogens with one attached hydrogen (secondary N) is 1. The number of aryl methyl sites for hydroxylation is 2. The SMILES string of the molecule is CCCC(CNC)c1c(C)cccc1C. The van der Waals surface area contributed by atoms with E-state index in [2.05, 4.69) is 44.3 Å². The van der Waals surface area contributed by atoms with Gasteiger partial charge in [0.2, 0.25) is 0 Å². The van der Waals surface area contributed by atoms with Crippen molar-refractivity contribution in [2.24, 2.45) is 0 Å². The molecule has 1 heteroatoms. The van der Waals surface area contributed by atoms with E-state index in [0.29, 0.717) is 5.92 Å². The molecule has 0 radical (unpaired) electrons. The molecule has 1 atom stereocenters. The van der Waals surface area contributed by atoms with Gasteiger partial charge in [-0.3, -0.25) is 0 Å². The first-order chi connectivity index (χ1) is 7.20. The molecule has 84 valence electrons. The highest BCUT2D eigenvalue weighted by atomic mass is 14.8. The Morgan fingerprint density at radius 3 is 2.27 bits per heavy atom. The van der Waals surface area contributed by atoms with E-state index in [1.54, 1.807) is 5.56 Å². The lowest BCUT2D eigenvalue weighted by Gasteiger charge is -2.20. The van der Waals surface area contributed by atoms with Crippen molar-refractivity contribution in [1.29, 1.82) is 0 Å². The van der Waals surface area contributed by atoms with Gasteiger partial charge in [-0.2, -0.15) is 0 Å². The maximum atomic E-state index is 3.31. The number of rotatable bonds is 5. The molecule has 0 amide bonds. The van der Waals surface area contributed by atoms with Crippen molar-refractivity contribution in [3.8, 4) is 0 Å². The van der Waals surface area contributed by atoms with Crippen molar-refractivity contribution in [2.75, 3.05) is 13.6 Å². The highest BCUT2D eigenvalue weighted by Gasteiger charge is 2.13. The summed E-state index contributed by atoms with van der Waals surface area (Å²) < 4.78 is 0. The lowest BCUT2D eigenvalue weighted by Crippen LogP contribution is -2.18. The molecule has 0 saturated carbocycles. The standard InChI is InChI=1S/C14H23N/c1-5-7-13(10-15-4)14-11(2)8-6-9-12(14)3/h6,8-9,13,15H,5,7,10H2,1-4H3. The summed E-state index contributed by atoms with van der Waals surface area (Å²) in [5, 5.41) is 3.31. The second-order valence-corrected chi connectivity index (χ2v) is 4.35.